The molecule has 0 bridgehead atoms. The third-order valence-corrected chi connectivity index (χ3v) is 5.49. The van der Waals surface area contributed by atoms with E-state index in [1.165, 1.54) is 18.4 Å². The highest BCUT2D eigenvalue weighted by Crippen LogP contribution is 2.36. The van der Waals surface area contributed by atoms with E-state index in [-0.39, 0.29) is 5.91 Å². The van der Waals surface area contributed by atoms with Crippen molar-refractivity contribution in [2.24, 2.45) is 0 Å². The topological polar surface area (TPSA) is 64.6 Å². The summed E-state index contributed by atoms with van der Waals surface area (Å²) < 4.78 is 10.1. The van der Waals surface area contributed by atoms with Crippen molar-refractivity contribution in [2.75, 3.05) is 19.5 Å². The van der Waals surface area contributed by atoms with Gasteiger partial charge < -0.3 is 14.8 Å². The average Bonchev–Trinajstić information content (AvgIpc) is 3.16. The molecule has 150 valence electrons. The summed E-state index contributed by atoms with van der Waals surface area (Å²) in [6.45, 7) is 2.01. The molecule has 1 N–H and O–H groups in total. The summed E-state index contributed by atoms with van der Waals surface area (Å²) in [7, 11) is 2.96. The van der Waals surface area contributed by atoms with Crippen LogP contribution in [0, 0.1) is 6.92 Å². The maximum Gasteiger partial charge on any atom is 0.341 e. The van der Waals surface area contributed by atoms with Crippen LogP contribution in [-0.4, -0.2) is 26.1 Å². The molecule has 1 heterocycles. The number of esters is 1. The van der Waals surface area contributed by atoms with E-state index < -0.39 is 5.97 Å². The molecule has 6 heteroatoms. The zero-order valence-corrected chi connectivity index (χ0v) is 17.5. The molecule has 3 rings (SSSR count). The molecule has 0 saturated carbocycles. The lowest BCUT2D eigenvalue weighted by molar-refractivity contribution is -0.116. The number of hydrogen-bond donors (Lipinski definition) is 1. The van der Waals surface area contributed by atoms with Crippen molar-refractivity contribution >= 4 is 28.2 Å². The Morgan fingerprint density at radius 3 is 2.31 bits per heavy atom. The van der Waals surface area contributed by atoms with Crippen LogP contribution in [0.1, 0.15) is 27.9 Å². The van der Waals surface area contributed by atoms with Gasteiger partial charge in [-0.25, -0.2) is 4.79 Å². The van der Waals surface area contributed by atoms with Crippen molar-refractivity contribution in [2.45, 2.75) is 19.8 Å². The van der Waals surface area contributed by atoms with Crippen molar-refractivity contribution in [3.8, 4) is 16.9 Å². The predicted molar refractivity (Wildman–Crippen MR) is 116 cm³/mol. The Morgan fingerprint density at radius 2 is 1.69 bits per heavy atom. The van der Waals surface area contributed by atoms with E-state index in [0.717, 1.165) is 28.0 Å². The van der Waals surface area contributed by atoms with Crippen molar-refractivity contribution in [3.05, 3.63) is 70.6 Å². The number of ether oxygens (including phenoxy) is 2. The summed E-state index contributed by atoms with van der Waals surface area (Å²) in [5.41, 5.74) is 4.23. The highest BCUT2D eigenvalue weighted by atomic mass is 32.1. The van der Waals surface area contributed by atoms with E-state index in [9.17, 15) is 9.59 Å². The normalized spacial score (nSPS) is 10.4. The summed E-state index contributed by atoms with van der Waals surface area (Å²) in [5.74, 6) is 0.165. The first-order valence-corrected chi connectivity index (χ1v) is 10.1. The van der Waals surface area contributed by atoms with E-state index in [1.54, 1.807) is 7.11 Å². The molecule has 1 aromatic heterocycles. The Kier molecular flexibility index (Phi) is 6.67. The van der Waals surface area contributed by atoms with Crippen molar-refractivity contribution in [3.63, 3.8) is 0 Å². The molecule has 0 atom stereocenters. The molecule has 0 fully saturated rings. The molecule has 0 saturated heterocycles. The van der Waals surface area contributed by atoms with Crippen LogP contribution in [0.4, 0.5) is 5.00 Å². The number of thiophene rings is 1. The van der Waals surface area contributed by atoms with Crippen LogP contribution < -0.4 is 10.1 Å². The first-order chi connectivity index (χ1) is 14.0. The predicted octanol–water partition coefficient (Wildman–Crippen LogP) is 5.09. The van der Waals surface area contributed by atoms with Gasteiger partial charge in [0.05, 0.1) is 14.2 Å². The Balaban J connectivity index is 1.74. The minimum atomic E-state index is -0.465. The molecule has 3 aromatic rings. The number of rotatable bonds is 7. The van der Waals surface area contributed by atoms with Gasteiger partial charge in [-0.15, -0.1) is 11.3 Å². The number of hydrogen-bond acceptors (Lipinski definition) is 5. The van der Waals surface area contributed by atoms with Gasteiger partial charge in [-0.2, -0.15) is 0 Å². The zero-order valence-electron chi connectivity index (χ0n) is 16.7. The second kappa shape index (κ2) is 9.39. The monoisotopic (exact) mass is 409 g/mol. The average molecular weight is 410 g/mol. The summed E-state index contributed by atoms with van der Waals surface area (Å²) in [6.07, 6.45) is 0.907. The molecule has 0 aliphatic carbocycles. The summed E-state index contributed by atoms with van der Waals surface area (Å²) >= 11 is 1.32. The first-order valence-electron chi connectivity index (χ1n) is 9.21. The van der Waals surface area contributed by atoms with Crippen molar-refractivity contribution in [1.82, 2.24) is 0 Å². The summed E-state index contributed by atoms with van der Waals surface area (Å²) in [5, 5.41) is 5.25. The molecule has 29 heavy (non-hydrogen) atoms. The Labute approximate surface area is 174 Å². The highest BCUT2D eigenvalue weighted by Gasteiger charge is 2.22. The molecular formula is C23H23NO4S. The molecule has 0 unspecified atom stereocenters. The lowest BCUT2D eigenvalue weighted by atomic mass is 10.0. The van der Waals surface area contributed by atoms with E-state index in [1.807, 2.05) is 60.8 Å². The van der Waals surface area contributed by atoms with E-state index in [4.69, 9.17) is 9.47 Å². The number of amides is 1. The van der Waals surface area contributed by atoms with Crippen LogP contribution in [0.25, 0.3) is 11.1 Å². The zero-order chi connectivity index (χ0) is 20.8. The van der Waals surface area contributed by atoms with E-state index in [0.29, 0.717) is 23.4 Å². The van der Waals surface area contributed by atoms with Crippen LogP contribution >= 0.6 is 11.3 Å². The minimum absolute atomic E-state index is 0.150. The van der Waals surface area contributed by atoms with Gasteiger partial charge >= 0.3 is 5.97 Å². The number of benzene rings is 2. The number of anilines is 1. The Bertz CT molecular complexity index is 991. The van der Waals surface area contributed by atoms with Crippen LogP contribution in [-0.2, 0) is 16.0 Å². The van der Waals surface area contributed by atoms with Crippen molar-refractivity contribution in [1.29, 1.82) is 0 Å². The quantitative estimate of drug-likeness (QED) is 0.552. The number of carbonyl (C=O) groups excluding carboxylic acids is 2. The molecule has 0 aliphatic rings. The second-order valence-electron chi connectivity index (χ2n) is 6.61. The molecule has 2 aromatic carbocycles. The van der Waals surface area contributed by atoms with Gasteiger partial charge in [-0.3, -0.25) is 4.79 Å². The molecule has 0 radical (unpaired) electrons. The molecule has 0 spiro atoms. The minimum Gasteiger partial charge on any atom is -0.497 e. The third-order valence-electron chi connectivity index (χ3n) is 4.60. The van der Waals surface area contributed by atoms with Gasteiger partial charge in [0.1, 0.15) is 16.3 Å². The fourth-order valence-corrected chi connectivity index (χ4v) is 3.91. The summed E-state index contributed by atoms with van der Waals surface area (Å²) in [4.78, 5) is 24.9. The molecule has 5 nitrogen and oxygen atoms in total. The smallest absolute Gasteiger partial charge is 0.341 e. The van der Waals surface area contributed by atoms with Crippen LogP contribution in [0.5, 0.6) is 5.75 Å². The van der Waals surface area contributed by atoms with Gasteiger partial charge in [0.15, 0.2) is 0 Å². The van der Waals surface area contributed by atoms with E-state index >= 15 is 0 Å². The Hall–Kier alpha value is -3.12. The fraction of sp³-hybridized carbons (Fsp3) is 0.217. The van der Waals surface area contributed by atoms with Gasteiger partial charge in [-0.1, -0.05) is 42.0 Å². The van der Waals surface area contributed by atoms with Gasteiger partial charge in [-0.05, 0) is 36.6 Å². The van der Waals surface area contributed by atoms with Gasteiger partial charge in [0.25, 0.3) is 0 Å². The van der Waals surface area contributed by atoms with Gasteiger partial charge in [0.2, 0.25) is 5.91 Å². The lowest BCUT2D eigenvalue weighted by Gasteiger charge is -2.08. The largest absolute Gasteiger partial charge is 0.497 e. The molecular weight excluding hydrogens is 386 g/mol. The third kappa shape index (κ3) is 5.03. The van der Waals surface area contributed by atoms with Crippen LogP contribution in [0.15, 0.2) is 53.9 Å². The highest BCUT2D eigenvalue weighted by molar-refractivity contribution is 7.15. The fourth-order valence-electron chi connectivity index (χ4n) is 2.94. The van der Waals surface area contributed by atoms with Crippen molar-refractivity contribution < 1.29 is 19.1 Å². The SMILES string of the molecule is COC(=O)c1c(-c2ccc(C)cc2)csc1NC(=O)CCc1ccc(OC)cc1. The molecule has 0 aliphatic heterocycles. The molecule has 1 amide bonds. The van der Waals surface area contributed by atoms with Crippen LogP contribution in [0.3, 0.4) is 0 Å². The standard InChI is InChI=1S/C23H23NO4S/c1-15-4-9-17(10-5-15)19-14-29-22(21(19)23(26)28-3)24-20(25)13-8-16-6-11-18(27-2)12-7-16/h4-7,9-12,14H,8,13H2,1-3H3,(H,24,25). The lowest BCUT2D eigenvalue weighted by Crippen LogP contribution is -2.14. The van der Waals surface area contributed by atoms with Crippen LogP contribution in [0.2, 0.25) is 0 Å². The maximum atomic E-state index is 12.5. The number of nitrogens with one attached hydrogen (secondary N) is 1. The van der Waals surface area contributed by atoms with Gasteiger partial charge in [0, 0.05) is 17.4 Å². The Morgan fingerprint density at radius 1 is 1.00 bits per heavy atom. The number of methoxy groups -OCH3 is 2. The number of aryl methyl sites for hydroxylation is 2. The number of carbonyl (C=O) groups is 2. The van der Waals surface area contributed by atoms with E-state index in [2.05, 4.69) is 5.32 Å². The maximum absolute atomic E-state index is 12.5. The summed E-state index contributed by atoms with van der Waals surface area (Å²) in [6, 6.07) is 15.5. The second-order valence-corrected chi connectivity index (χ2v) is 7.49. The first kappa shape index (κ1) is 20.6.